The van der Waals surface area contributed by atoms with Crippen LogP contribution in [0.25, 0.3) is 0 Å². The van der Waals surface area contributed by atoms with Crippen molar-refractivity contribution in [3.05, 3.63) is 30.1 Å². The van der Waals surface area contributed by atoms with Crippen LogP contribution in [0.15, 0.2) is 29.2 Å². The minimum absolute atomic E-state index is 0.102. The van der Waals surface area contributed by atoms with Gasteiger partial charge in [-0.25, -0.2) is 12.8 Å². The molecule has 1 heterocycles. The largest absolute Gasteiger partial charge is 0.369 e. The second-order valence-electron chi connectivity index (χ2n) is 5.41. The number of nitrogens with zero attached hydrogens (tertiary/aromatic N) is 1. The van der Waals surface area contributed by atoms with E-state index in [1.165, 1.54) is 16.4 Å². The lowest BCUT2D eigenvalue weighted by Gasteiger charge is -2.41. The maximum absolute atomic E-state index is 12.9. The molecule has 0 spiro atoms. The molecule has 1 aromatic rings. The predicted octanol–water partition coefficient (Wildman–Crippen LogP) is 2.39. The second-order valence-corrected chi connectivity index (χ2v) is 7.99. The van der Waals surface area contributed by atoms with Crippen molar-refractivity contribution in [1.82, 2.24) is 4.31 Å². The Morgan fingerprint density at radius 3 is 2.55 bits per heavy atom. The van der Waals surface area contributed by atoms with Gasteiger partial charge in [0.2, 0.25) is 10.0 Å². The first-order valence-electron chi connectivity index (χ1n) is 6.24. The van der Waals surface area contributed by atoms with Gasteiger partial charge in [-0.3, -0.25) is 0 Å². The molecule has 0 saturated carbocycles. The number of halogens is 2. The average molecular weight is 366 g/mol. The minimum atomic E-state index is -3.63. The number of sulfonamides is 1. The standard InChI is InChI=1S/C13H17BrFNO3S/c1-13(2)9-16(8-11(7-14)19-13)20(17,18)12-5-3-10(15)4-6-12/h3-6,11H,7-9H2,1-2H3. The van der Waals surface area contributed by atoms with Crippen molar-refractivity contribution in [1.29, 1.82) is 0 Å². The summed E-state index contributed by atoms with van der Waals surface area (Å²) in [5.74, 6) is -0.454. The monoisotopic (exact) mass is 365 g/mol. The van der Waals surface area contributed by atoms with Crippen LogP contribution in [0, 0.1) is 5.82 Å². The highest BCUT2D eigenvalue weighted by atomic mass is 79.9. The molecule has 0 bridgehead atoms. The van der Waals surface area contributed by atoms with Crippen LogP contribution < -0.4 is 0 Å². The van der Waals surface area contributed by atoms with Gasteiger partial charge in [0, 0.05) is 18.4 Å². The van der Waals surface area contributed by atoms with Crippen molar-refractivity contribution in [3.8, 4) is 0 Å². The van der Waals surface area contributed by atoms with Gasteiger partial charge in [0.25, 0.3) is 0 Å². The first kappa shape index (κ1) is 15.9. The molecule has 112 valence electrons. The van der Waals surface area contributed by atoms with Crippen LogP contribution in [0.2, 0.25) is 0 Å². The Labute approximate surface area is 127 Å². The quantitative estimate of drug-likeness (QED) is 0.772. The first-order chi connectivity index (χ1) is 9.24. The van der Waals surface area contributed by atoms with E-state index < -0.39 is 21.4 Å². The number of benzene rings is 1. The Bertz CT molecular complexity index is 574. The zero-order chi connectivity index (χ0) is 15.0. The highest BCUT2D eigenvalue weighted by Crippen LogP contribution is 2.27. The molecule has 0 N–H and O–H groups in total. The van der Waals surface area contributed by atoms with E-state index in [2.05, 4.69) is 15.9 Å². The summed E-state index contributed by atoms with van der Waals surface area (Å²) < 4.78 is 45.3. The lowest BCUT2D eigenvalue weighted by molar-refractivity contribution is -0.106. The normalized spacial score (nSPS) is 23.7. The Morgan fingerprint density at radius 2 is 2.00 bits per heavy atom. The summed E-state index contributed by atoms with van der Waals surface area (Å²) in [5.41, 5.74) is -0.552. The summed E-state index contributed by atoms with van der Waals surface area (Å²) in [6.45, 7) is 4.27. The summed E-state index contributed by atoms with van der Waals surface area (Å²) in [5, 5.41) is 0.561. The molecule has 4 nitrogen and oxygen atoms in total. The van der Waals surface area contributed by atoms with Gasteiger partial charge in [-0.1, -0.05) is 15.9 Å². The number of rotatable bonds is 3. The molecule has 0 aromatic heterocycles. The van der Waals surface area contributed by atoms with Crippen molar-refractivity contribution in [2.24, 2.45) is 0 Å². The molecule has 1 saturated heterocycles. The van der Waals surface area contributed by atoms with Crippen molar-refractivity contribution in [3.63, 3.8) is 0 Å². The Morgan fingerprint density at radius 1 is 1.40 bits per heavy atom. The van der Waals surface area contributed by atoms with Crippen molar-refractivity contribution >= 4 is 26.0 Å². The maximum Gasteiger partial charge on any atom is 0.243 e. The van der Waals surface area contributed by atoms with Gasteiger partial charge in [-0.15, -0.1) is 0 Å². The van der Waals surface area contributed by atoms with Crippen LogP contribution in [0.1, 0.15) is 13.8 Å². The Balaban J connectivity index is 2.31. The molecule has 7 heteroatoms. The second kappa shape index (κ2) is 5.71. The zero-order valence-electron chi connectivity index (χ0n) is 11.3. The van der Waals surface area contributed by atoms with Crippen LogP contribution in [0.4, 0.5) is 4.39 Å². The SMILES string of the molecule is CC1(C)CN(S(=O)(=O)c2ccc(F)cc2)CC(CBr)O1. The van der Waals surface area contributed by atoms with Crippen LogP contribution in [-0.4, -0.2) is 42.8 Å². The lowest BCUT2D eigenvalue weighted by atomic mass is 10.1. The number of morpholine rings is 1. The van der Waals surface area contributed by atoms with Gasteiger partial charge >= 0.3 is 0 Å². The highest BCUT2D eigenvalue weighted by Gasteiger charge is 2.38. The maximum atomic E-state index is 12.9. The molecular weight excluding hydrogens is 349 g/mol. The zero-order valence-corrected chi connectivity index (χ0v) is 13.7. The molecular formula is C13H17BrFNO3S. The van der Waals surface area contributed by atoms with Crippen LogP contribution in [0.5, 0.6) is 0 Å². The number of hydrogen-bond acceptors (Lipinski definition) is 3. The first-order valence-corrected chi connectivity index (χ1v) is 8.80. The molecule has 0 radical (unpaired) electrons. The third kappa shape index (κ3) is 3.39. The van der Waals surface area contributed by atoms with Crippen molar-refractivity contribution in [2.45, 2.75) is 30.4 Å². The topological polar surface area (TPSA) is 46.6 Å². The number of ether oxygens (including phenoxy) is 1. The average Bonchev–Trinajstić information content (AvgIpc) is 2.37. The van der Waals surface area contributed by atoms with Gasteiger partial charge in [-0.05, 0) is 38.1 Å². The lowest BCUT2D eigenvalue weighted by Crippen LogP contribution is -2.54. The molecule has 0 aliphatic carbocycles. The molecule has 1 aliphatic rings. The fourth-order valence-electron chi connectivity index (χ4n) is 2.26. The van der Waals surface area contributed by atoms with Crippen molar-refractivity contribution in [2.75, 3.05) is 18.4 Å². The van der Waals surface area contributed by atoms with E-state index in [4.69, 9.17) is 4.74 Å². The van der Waals surface area contributed by atoms with E-state index in [-0.39, 0.29) is 24.1 Å². The molecule has 1 aliphatic heterocycles. The van der Waals surface area contributed by atoms with E-state index in [1.807, 2.05) is 13.8 Å². The fraction of sp³-hybridized carbons (Fsp3) is 0.538. The highest BCUT2D eigenvalue weighted by molar-refractivity contribution is 9.09. The Kier molecular flexibility index (Phi) is 4.53. The molecule has 0 amide bonds. The van der Waals surface area contributed by atoms with E-state index in [1.54, 1.807) is 0 Å². The predicted molar refractivity (Wildman–Crippen MR) is 77.9 cm³/mol. The van der Waals surface area contributed by atoms with E-state index >= 15 is 0 Å². The molecule has 2 rings (SSSR count). The van der Waals surface area contributed by atoms with Gasteiger partial charge in [-0.2, -0.15) is 4.31 Å². The molecule has 1 aromatic carbocycles. The van der Waals surface area contributed by atoms with Crippen LogP contribution in [0.3, 0.4) is 0 Å². The molecule has 1 atom stereocenters. The van der Waals surface area contributed by atoms with Gasteiger partial charge in [0.1, 0.15) is 5.82 Å². The van der Waals surface area contributed by atoms with Crippen molar-refractivity contribution < 1.29 is 17.5 Å². The van der Waals surface area contributed by atoms with Crippen LogP contribution >= 0.6 is 15.9 Å². The van der Waals surface area contributed by atoms with E-state index in [0.717, 1.165) is 12.1 Å². The van der Waals surface area contributed by atoms with Crippen LogP contribution in [-0.2, 0) is 14.8 Å². The summed E-state index contributed by atoms with van der Waals surface area (Å²) >= 11 is 3.33. The molecule has 1 fully saturated rings. The summed E-state index contributed by atoms with van der Waals surface area (Å²) in [7, 11) is -3.63. The molecule has 1 unspecified atom stereocenters. The Hall–Kier alpha value is -0.500. The van der Waals surface area contributed by atoms with Gasteiger partial charge in [0.05, 0.1) is 16.6 Å². The summed E-state index contributed by atoms with van der Waals surface area (Å²) in [6.07, 6.45) is -0.200. The third-order valence-corrected chi connectivity index (χ3v) is 5.62. The van der Waals surface area contributed by atoms with Gasteiger partial charge < -0.3 is 4.74 Å². The smallest absolute Gasteiger partial charge is 0.243 e. The minimum Gasteiger partial charge on any atom is -0.369 e. The number of alkyl halides is 1. The molecule has 20 heavy (non-hydrogen) atoms. The summed E-state index contributed by atoms with van der Waals surface area (Å²) in [4.78, 5) is 0.102. The number of hydrogen-bond donors (Lipinski definition) is 0. The van der Waals surface area contributed by atoms with E-state index in [0.29, 0.717) is 5.33 Å². The van der Waals surface area contributed by atoms with E-state index in [9.17, 15) is 12.8 Å². The summed E-state index contributed by atoms with van der Waals surface area (Å²) in [6, 6.07) is 4.88. The fourth-order valence-corrected chi connectivity index (χ4v) is 4.22. The van der Waals surface area contributed by atoms with Gasteiger partial charge in [0.15, 0.2) is 0 Å². The third-order valence-electron chi connectivity index (χ3n) is 3.07.